The van der Waals surface area contributed by atoms with Crippen LogP contribution in [0.4, 0.5) is 5.82 Å². The standard InChI is InChI=1S/C19H20N8/c1-26(11-16-13-4-3-5-15(13)24-25-16)18-14-10-21-27(2)19(14)23-17(22-18)12-6-8-20-9-7-12/h6-10H,3-5,11H2,1-2H3,(H,24,25). The van der Waals surface area contributed by atoms with Crippen LogP contribution in [0.1, 0.15) is 23.4 Å². The maximum Gasteiger partial charge on any atom is 0.164 e. The molecule has 8 nitrogen and oxygen atoms in total. The van der Waals surface area contributed by atoms with E-state index in [4.69, 9.17) is 9.97 Å². The zero-order valence-electron chi connectivity index (χ0n) is 15.3. The second-order valence-electron chi connectivity index (χ2n) is 6.95. The van der Waals surface area contributed by atoms with Gasteiger partial charge in [-0.3, -0.25) is 14.8 Å². The lowest BCUT2D eigenvalue weighted by Crippen LogP contribution is -2.19. The molecular weight excluding hydrogens is 340 g/mol. The molecule has 0 aromatic carbocycles. The second-order valence-corrected chi connectivity index (χ2v) is 6.95. The normalized spacial score (nSPS) is 13.3. The lowest BCUT2D eigenvalue weighted by Gasteiger charge is -2.19. The van der Waals surface area contributed by atoms with Crippen LogP contribution in [-0.2, 0) is 26.4 Å². The molecule has 0 unspecified atom stereocenters. The lowest BCUT2D eigenvalue weighted by molar-refractivity contribution is 0.785. The van der Waals surface area contributed by atoms with Gasteiger partial charge in [-0.15, -0.1) is 0 Å². The Morgan fingerprint density at radius 2 is 2.04 bits per heavy atom. The van der Waals surface area contributed by atoms with E-state index in [0.717, 1.165) is 41.0 Å². The number of nitrogens with one attached hydrogen (secondary N) is 1. The summed E-state index contributed by atoms with van der Waals surface area (Å²) in [7, 11) is 3.94. The summed E-state index contributed by atoms with van der Waals surface area (Å²) in [6.07, 6.45) is 8.73. The minimum Gasteiger partial charge on any atom is -0.353 e. The van der Waals surface area contributed by atoms with Gasteiger partial charge in [-0.25, -0.2) is 9.97 Å². The number of rotatable bonds is 4. The number of aromatic nitrogens is 7. The molecule has 4 heterocycles. The van der Waals surface area contributed by atoms with Crippen LogP contribution in [0, 0.1) is 0 Å². The van der Waals surface area contributed by atoms with Crippen molar-refractivity contribution >= 4 is 16.9 Å². The molecule has 0 spiro atoms. The van der Waals surface area contributed by atoms with Crippen LogP contribution in [0.3, 0.4) is 0 Å². The molecule has 0 fully saturated rings. The first-order valence-electron chi connectivity index (χ1n) is 9.07. The van der Waals surface area contributed by atoms with Crippen LogP contribution in [0.25, 0.3) is 22.4 Å². The summed E-state index contributed by atoms with van der Waals surface area (Å²) in [5.74, 6) is 1.53. The van der Waals surface area contributed by atoms with Gasteiger partial charge in [0, 0.05) is 37.7 Å². The van der Waals surface area contributed by atoms with Crippen LogP contribution in [-0.4, -0.2) is 42.0 Å². The van der Waals surface area contributed by atoms with Gasteiger partial charge >= 0.3 is 0 Å². The first kappa shape index (κ1) is 15.9. The number of fused-ring (bicyclic) bond motifs is 2. The fraction of sp³-hybridized carbons (Fsp3) is 0.316. The number of nitrogens with zero attached hydrogens (tertiary/aromatic N) is 7. The summed E-state index contributed by atoms with van der Waals surface area (Å²) in [6.45, 7) is 0.697. The zero-order chi connectivity index (χ0) is 18.4. The molecular formula is C19H20N8. The Bertz CT molecular complexity index is 1110. The molecule has 1 N–H and O–H groups in total. The molecule has 8 heteroatoms. The molecule has 4 aromatic rings. The molecule has 0 atom stereocenters. The van der Waals surface area contributed by atoms with Crippen molar-refractivity contribution in [2.24, 2.45) is 7.05 Å². The van der Waals surface area contributed by atoms with Crippen LogP contribution < -0.4 is 4.90 Å². The molecule has 0 saturated heterocycles. The lowest BCUT2D eigenvalue weighted by atomic mass is 10.2. The fourth-order valence-electron chi connectivity index (χ4n) is 3.75. The quantitative estimate of drug-likeness (QED) is 0.601. The molecule has 0 amide bonds. The second kappa shape index (κ2) is 6.15. The molecule has 136 valence electrons. The molecule has 0 radical (unpaired) electrons. The minimum absolute atomic E-state index is 0.669. The van der Waals surface area contributed by atoms with Gasteiger partial charge in [0.05, 0.1) is 23.8 Å². The Kier molecular flexibility index (Phi) is 3.63. The van der Waals surface area contributed by atoms with Crippen LogP contribution in [0.5, 0.6) is 0 Å². The van der Waals surface area contributed by atoms with Crippen molar-refractivity contribution in [1.82, 2.24) is 34.9 Å². The third-order valence-electron chi connectivity index (χ3n) is 5.15. The highest BCUT2D eigenvalue weighted by atomic mass is 15.3. The average Bonchev–Trinajstić information content (AvgIpc) is 3.40. The predicted octanol–water partition coefficient (Wildman–Crippen LogP) is 2.27. The Labute approximate surface area is 156 Å². The van der Waals surface area contributed by atoms with Gasteiger partial charge in [-0.2, -0.15) is 10.2 Å². The summed E-state index contributed by atoms with van der Waals surface area (Å²) in [6, 6.07) is 3.84. The van der Waals surface area contributed by atoms with E-state index < -0.39 is 0 Å². The summed E-state index contributed by atoms with van der Waals surface area (Å²) >= 11 is 0. The summed E-state index contributed by atoms with van der Waals surface area (Å²) in [5.41, 5.74) is 5.50. The van der Waals surface area contributed by atoms with E-state index in [1.54, 1.807) is 17.1 Å². The summed E-state index contributed by atoms with van der Waals surface area (Å²) in [5, 5.41) is 13.0. The molecule has 27 heavy (non-hydrogen) atoms. The smallest absolute Gasteiger partial charge is 0.164 e. The predicted molar refractivity (Wildman–Crippen MR) is 102 cm³/mol. The molecule has 0 saturated carbocycles. The number of H-pyrrole nitrogens is 1. The Hall–Kier alpha value is -3.29. The van der Waals surface area contributed by atoms with Gasteiger partial charge in [0.1, 0.15) is 5.82 Å². The van der Waals surface area contributed by atoms with Gasteiger partial charge in [-0.1, -0.05) is 0 Å². The molecule has 1 aliphatic rings. The van der Waals surface area contributed by atoms with E-state index in [1.165, 1.54) is 17.7 Å². The van der Waals surface area contributed by atoms with Crippen LogP contribution >= 0.6 is 0 Å². The summed E-state index contributed by atoms with van der Waals surface area (Å²) < 4.78 is 1.78. The van der Waals surface area contributed by atoms with E-state index in [1.807, 2.05) is 32.4 Å². The van der Waals surface area contributed by atoms with Gasteiger partial charge < -0.3 is 4.90 Å². The number of hydrogen-bond donors (Lipinski definition) is 1. The topological polar surface area (TPSA) is 88.4 Å². The van der Waals surface area contributed by atoms with E-state index in [9.17, 15) is 0 Å². The highest BCUT2D eigenvalue weighted by molar-refractivity contribution is 5.88. The zero-order valence-corrected chi connectivity index (χ0v) is 15.3. The van der Waals surface area contributed by atoms with Crippen molar-refractivity contribution < 1.29 is 0 Å². The van der Waals surface area contributed by atoms with Gasteiger partial charge in [0.2, 0.25) is 0 Å². The number of anilines is 1. The Morgan fingerprint density at radius 3 is 2.89 bits per heavy atom. The highest BCUT2D eigenvalue weighted by Gasteiger charge is 2.21. The Balaban J connectivity index is 1.58. The van der Waals surface area contributed by atoms with Crippen molar-refractivity contribution in [3.8, 4) is 11.4 Å². The van der Waals surface area contributed by atoms with Gasteiger partial charge in [0.25, 0.3) is 0 Å². The van der Waals surface area contributed by atoms with Crippen molar-refractivity contribution in [2.45, 2.75) is 25.8 Å². The van der Waals surface area contributed by atoms with Crippen LogP contribution in [0.15, 0.2) is 30.7 Å². The number of hydrogen-bond acceptors (Lipinski definition) is 6. The third-order valence-corrected chi connectivity index (χ3v) is 5.15. The summed E-state index contributed by atoms with van der Waals surface area (Å²) in [4.78, 5) is 15.8. The van der Waals surface area contributed by atoms with Crippen molar-refractivity contribution in [1.29, 1.82) is 0 Å². The number of aromatic amines is 1. The largest absolute Gasteiger partial charge is 0.353 e. The minimum atomic E-state index is 0.669. The first-order valence-corrected chi connectivity index (χ1v) is 9.07. The number of aryl methyl sites for hydroxylation is 2. The average molecular weight is 360 g/mol. The molecule has 0 aliphatic heterocycles. The SMILES string of the molecule is CN(Cc1n[nH]c2c1CCC2)c1nc(-c2ccncc2)nc2c1cnn2C. The maximum absolute atomic E-state index is 4.85. The van der Waals surface area contributed by atoms with Gasteiger partial charge in [0.15, 0.2) is 11.5 Å². The van der Waals surface area contributed by atoms with E-state index >= 15 is 0 Å². The monoisotopic (exact) mass is 360 g/mol. The molecule has 4 aromatic heterocycles. The molecule has 0 bridgehead atoms. The number of pyridine rings is 1. The first-order chi connectivity index (χ1) is 13.2. The molecule has 1 aliphatic carbocycles. The van der Waals surface area contributed by atoms with Crippen LogP contribution in [0.2, 0.25) is 0 Å². The maximum atomic E-state index is 4.85. The van der Waals surface area contributed by atoms with E-state index in [0.29, 0.717) is 12.4 Å². The Morgan fingerprint density at radius 1 is 1.19 bits per heavy atom. The third kappa shape index (κ3) is 2.64. The van der Waals surface area contributed by atoms with Crippen molar-refractivity contribution in [2.75, 3.05) is 11.9 Å². The van der Waals surface area contributed by atoms with Crippen molar-refractivity contribution in [3.05, 3.63) is 47.7 Å². The molecule has 5 rings (SSSR count). The highest BCUT2D eigenvalue weighted by Crippen LogP contribution is 2.29. The van der Waals surface area contributed by atoms with Crippen molar-refractivity contribution in [3.63, 3.8) is 0 Å². The van der Waals surface area contributed by atoms with Gasteiger partial charge in [-0.05, 0) is 37.0 Å². The fourth-order valence-corrected chi connectivity index (χ4v) is 3.75. The van der Waals surface area contributed by atoms with E-state index in [-0.39, 0.29) is 0 Å². The van der Waals surface area contributed by atoms with E-state index in [2.05, 4.69) is 25.2 Å².